The van der Waals surface area contributed by atoms with E-state index < -0.39 is 0 Å². The topological polar surface area (TPSA) is 70.7 Å². The van der Waals surface area contributed by atoms with E-state index in [4.69, 9.17) is 4.74 Å². The Morgan fingerprint density at radius 1 is 1.19 bits per heavy atom. The van der Waals surface area contributed by atoms with Gasteiger partial charge in [-0.3, -0.25) is 4.79 Å². The summed E-state index contributed by atoms with van der Waals surface area (Å²) in [6.07, 6.45) is 6.68. The molecule has 7 heteroatoms. The Morgan fingerprint density at radius 2 is 1.89 bits per heavy atom. The van der Waals surface area contributed by atoms with Crippen LogP contribution in [0.25, 0.3) is 0 Å². The summed E-state index contributed by atoms with van der Waals surface area (Å²) >= 11 is 0. The lowest BCUT2D eigenvalue weighted by atomic mass is 9.96. The zero-order chi connectivity index (χ0) is 19.5. The van der Waals surface area contributed by atoms with Crippen LogP contribution in [0.4, 0.5) is 9.18 Å². The monoisotopic (exact) mass is 379 g/mol. The highest BCUT2D eigenvalue weighted by molar-refractivity contribution is 5.76. The molecule has 1 aromatic rings. The first-order valence-corrected chi connectivity index (χ1v) is 9.71. The SMILES string of the molecule is CN(CCOc1ccc(F)cc1)C(=O)CCCNC(=O)NC1CCCCC1. The average Bonchev–Trinajstić information content (AvgIpc) is 2.67. The quantitative estimate of drug-likeness (QED) is 0.648. The van der Waals surface area contributed by atoms with Crippen molar-refractivity contribution >= 4 is 11.9 Å². The molecule has 6 nitrogen and oxygen atoms in total. The summed E-state index contributed by atoms with van der Waals surface area (Å²) in [5.74, 6) is 0.272. The number of hydrogen-bond acceptors (Lipinski definition) is 3. The number of ether oxygens (including phenoxy) is 1. The second-order valence-electron chi connectivity index (χ2n) is 6.96. The molecule has 0 radical (unpaired) electrons. The van der Waals surface area contributed by atoms with Crippen molar-refractivity contribution in [3.05, 3.63) is 30.1 Å². The molecular weight excluding hydrogens is 349 g/mol. The number of urea groups is 1. The number of amides is 3. The molecule has 1 aromatic carbocycles. The molecule has 0 unspecified atom stereocenters. The Labute approximate surface area is 160 Å². The van der Waals surface area contributed by atoms with E-state index in [0.29, 0.717) is 38.3 Å². The third-order valence-electron chi connectivity index (χ3n) is 4.73. The molecular formula is C20H30FN3O3. The summed E-state index contributed by atoms with van der Waals surface area (Å²) in [6, 6.07) is 5.93. The van der Waals surface area contributed by atoms with Crippen molar-refractivity contribution in [1.29, 1.82) is 0 Å². The molecule has 0 bridgehead atoms. The summed E-state index contributed by atoms with van der Waals surface area (Å²) in [7, 11) is 1.72. The van der Waals surface area contributed by atoms with E-state index in [2.05, 4.69) is 10.6 Å². The number of carbonyl (C=O) groups is 2. The van der Waals surface area contributed by atoms with Gasteiger partial charge in [0.2, 0.25) is 5.91 Å². The average molecular weight is 379 g/mol. The van der Waals surface area contributed by atoms with Crippen molar-refractivity contribution in [3.8, 4) is 5.75 Å². The highest BCUT2D eigenvalue weighted by Crippen LogP contribution is 2.17. The molecule has 27 heavy (non-hydrogen) atoms. The molecule has 0 spiro atoms. The van der Waals surface area contributed by atoms with Gasteiger partial charge in [0.15, 0.2) is 0 Å². The molecule has 1 fully saturated rings. The van der Waals surface area contributed by atoms with Crippen LogP contribution in [0.1, 0.15) is 44.9 Å². The summed E-state index contributed by atoms with van der Waals surface area (Å²) in [5.41, 5.74) is 0. The molecule has 1 saturated carbocycles. The van der Waals surface area contributed by atoms with Gasteiger partial charge < -0.3 is 20.3 Å². The lowest BCUT2D eigenvalue weighted by molar-refractivity contribution is -0.130. The van der Waals surface area contributed by atoms with Crippen LogP contribution in [0.3, 0.4) is 0 Å². The Bertz CT molecular complexity index is 589. The molecule has 150 valence electrons. The van der Waals surface area contributed by atoms with E-state index >= 15 is 0 Å². The summed E-state index contributed by atoms with van der Waals surface area (Å²) in [6.45, 7) is 1.27. The van der Waals surface area contributed by atoms with Crippen LogP contribution in [0.15, 0.2) is 24.3 Å². The Kier molecular flexibility index (Phi) is 8.87. The molecule has 2 N–H and O–H groups in total. The summed E-state index contributed by atoms with van der Waals surface area (Å²) < 4.78 is 18.3. The van der Waals surface area contributed by atoms with E-state index in [0.717, 1.165) is 12.8 Å². The maximum Gasteiger partial charge on any atom is 0.315 e. The van der Waals surface area contributed by atoms with Gasteiger partial charge in [-0.25, -0.2) is 9.18 Å². The van der Waals surface area contributed by atoms with Crippen LogP contribution in [0.5, 0.6) is 5.75 Å². The molecule has 0 aliphatic heterocycles. The lowest BCUT2D eigenvalue weighted by Crippen LogP contribution is -2.43. The van der Waals surface area contributed by atoms with Crippen LogP contribution in [0.2, 0.25) is 0 Å². The zero-order valence-corrected chi connectivity index (χ0v) is 16.0. The number of nitrogens with one attached hydrogen (secondary N) is 2. The third kappa shape index (κ3) is 8.28. The number of carbonyl (C=O) groups excluding carboxylic acids is 2. The van der Waals surface area contributed by atoms with Crippen molar-refractivity contribution in [3.63, 3.8) is 0 Å². The van der Waals surface area contributed by atoms with E-state index in [-0.39, 0.29) is 23.8 Å². The minimum atomic E-state index is -0.310. The van der Waals surface area contributed by atoms with Gasteiger partial charge in [0.25, 0.3) is 0 Å². The van der Waals surface area contributed by atoms with Gasteiger partial charge in [-0.1, -0.05) is 19.3 Å². The van der Waals surface area contributed by atoms with Crippen LogP contribution in [-0.2, 0) is 4.79 Å². The fourth-order valence-electron chi connectivity index (χ4n) is 3.07. The first-order valence-electron chi connectivity index (χ1n) is 9.71. The van der Waals surface area contributed by atoms with Gasteiger partial charge in [0.1, 0.15) is 18.2 Å². The minimum Gasteiger partial charge on any atom is -0.492 e. The van der Waals surface area contributed by atoms with Crippen molar-refractivity contribution in [2.75, 3.05) is 26.7 Å². The van der Waals surface area contributed by atoms with Gasteiger partial charge in [0, 0.05) is 26.1 Å². The van der Waals surface area contributed by atoms with Crippen LogP contribution in [-0.4, -0.2) is 49.6 Å². The number of nitrogens with zero attached hydrogens (tertiary/aromatic N) is 1. The van der Waals surface area contributed by atoms with E-state index in [1.165, 1.54) is 31.4 Å². The van der Waals surface area contributed by atoms with E-state index in [1.54, 1.807) is 24.1 Å². The molecule has 0 heterocycles. The normalized spacial score (nSPS) is 14.4. The van der Waals surface area contributed by atoms with E-state index in [1.807, 2.05) is 0 Å². The second kappa shape index (κ2) is 11.4. The standard InChI is InChI=1S/C20H30FN3O3/c1-24(14-15-27-18-11-9-16(21)10-12-18)19(25)8-5-13-22-20(26)23-17-6-3-2-4-7-17/h9-12,17H,2-8,13-15H2,1H3,(H2,22,23,26). The number of hydrogen-bond donors (Lipinski definition) is 2. The van der Waals surface area contributed by atoms with E-state index in [9.17, 15) is 14.0 Å². The molecule has 1 aliphatic carbocycles. The minimum absolute atomic E-state index is 0.00666. The Balaban J connectivity index is 1.52. The molecule has 0 atom stereocenters. The molecule has 2 rings (SSSR count). The van der Waals surface area contributed by atoms with Crippen LogP contribution in [0, 0.1) is 5.82 Å². The van der Waals surface area contributed by atoms with Gasteiger partial charge >= 0.3 is 6.03 Å². The van der Waals surface area contributed by atoms with Crippen LogP contribution >= 0.6 is 0 Å². The first kappa shape index (κ1) is 21.0. The van der Waals surface area contributed by atoms with Crippen molar-refractivity contribution in [2.24, 2.45) is 0 Å². The predicted molar refractivity (Wildman–Crippen MR) is 102 cm³/mol. The second-order valence-corrected chi connectivity index (χ2v) is 6.96. The van der Waals surface area contributed by atoms with Crippen molar-refractivity contribution in [1.82, 2.24) is 15.5 Å². The van der Waals surface area contributed by atoms with Gasteiger partial charge in [0.05, 0.1) is 6.54 Å². The Hall–Kier alpha value is -2.31. The third-order valence-corrected chi connectivity index (χ3v) is 4.73. The maximum atomic E-state index is 12.8. The highest BCUT2D eigenvalue weighted by atomic mass is 19.1. The maximum absolute atomic E-state index is 12.8. The van der Waals surface area contributed by atoms with Gasteiger partial charge in [-0.2, -0.15) is 0 Å². The fourth-order valence-corrected chi connectivity index (χ4v) is 3.07. The Morgan fingerprint density at radius 3 is 2.59 bits per heavy atom. The van der Waals surface area contributed by atoms with Crippen LogP contribution < -0.4 is 15.4 Å². The molecule has 0 aromatic heterocycles. The lowest BCUT2D eigenvalue weighted by Gasteiger charge is -2.23. The smallest absolute Gasteiger partial charge is 0.315 e. The van der Waals surface area contributed by atoms with Crippen molar-refractivity contribution < 1.29 is 18.7 Å². The summed E-state index contributed by atoms with van der Waals surface area (Å²) in [5, 5.41) is 5.81. The predicted octanol–water partition coefficient (Wildman–Crippen LogP) is 3.08. The largest absolute Gasteiger partial charge is 0.492 e. The highest BCUT2D eigenvalue weighted by Gasteiger charge is 2.15. The van der Waals surface area contributed by atoms with Gasteiger partial charge in [-0.15, -0.1) is 0 Å². The number of rotatable bonds is 9. The van der Waals surface area contributed by atoms with Gasteiger partial charge in [-0.05, 0) is 43.5 Å². The van der Waals surface area contributed by atoms with Crippen molar-refractivity contribution in [2.45, 2.75) is 51.0 Å². The first-order chi connectivity index (χ1) is 13.0. The zero-order valence-electron chi connectivity index (χ0n) is 16.0. The molecule has 1 aliphatic rings. The number of halogens is 1. The molecule has 3 amide bonds. The number of benzene rings is 1. The number of likely N-dealkylation sites (N-methyl/N-ethyl adjacent to an activating group) is 1. The molecule has 0 saturated heterocycles. The summed E-state index contributed by atoms with van der Waals surface area (Å²) in [4.78, 5) is 25.5. The fraction of sp³-hybridized carbons (Fsp3) is 0.600.